The quantitative estimate of drug-likeness (QED) is 0.671. The van der Waals surface area contributed by atoms with E-state index >= 15 is 0 Å². The SMILES string of the molecule is COc1ccc(Cl)cc1Nc1nc(C)cc(C(=O)Nc2cccc(F)c2)n1. The molecule has 1 heterocycles. The molecule has 0 unspecified atom stereocenters. The van der Waals surface area contributed by atoms with E-state index in [0.717, 1.165) is 0 Å². The fourth-order valence-electron chi connectivity index (χ4n) is 2.40. The number of benzene rings is 2. The molecule has 138 valence electrons. The van der Waals surface area contributed by atoms with E-state index in [1.165, 1.54) is 31.4 Å². The topological polar surface area (TPSA) is 76.1 Å². The van der Waals surface area contributed by atoms with Crippen LogP contribution in [0.15, 0.2) is 48.5 Å². The van der Waals surface area contributed by atoms with Crippen molar-refractivity contribution >= 4 is 34.8 Å². The first kappa shape index (κ1) is 18.6. The molecule has 0 spiro atoms. The Morgan fingerprint density at radius 2 is 1.96 bits per heavy atom. The van der Waals surface area contributed by atoms with Crippen LogP contribution < -0.4 is 15.4 Å². The first-order valence-electron chi connectivity index (χ1n) is 7.98. The van der Waals surface area contributed by atoms with E-state index in [0.29, 0.717) is 27.8 Å². The molecule has 0 fully saturated rings. The summed E-state index contributed by atoms with van der Waals surface area (Å²) < 4.78 is 18.6. The summed E-state index contributed by atoms with van der Waals surface area (Å²) in [6, 6.07) is 12.2. The molecular formula is C19H16ClFN4O2. The number of methoxy groups -OCH3 is 1. The third kappa shape index (κ3) is 4.71. The molecule has 0 bridgehead atoms. The Labute approximate surface area is 160 Å². The number of aryl methyl sites for hydroxylation is 1. The lowest BCUT2D eigenvalue weighted by molar-refractivity contribution is 0.102. The highest BCUT2D eigenvalue weighted by molar-refractivity contribution is 6.31. The third-order valence-corrected chi connectivity index (χ3v) is 3.81. The van der Waals surface area contributed by atoms with Crippen LogP contribution in [0.3, 0.4) is 0 Å². The molecule has 0 saturated heterocycles. The fraction of sp³-hybridized carbons (Fsp3) is 0.105. The molecule has 2 N–H and O–H groups in total. The normalized spacial score (nSPS) is 10.4. The van der Waals surface area contributed by atoms with Crippen molar-refractivity contribution in [3.63, 3.8) is 0 Å². The van der Waals surface area contributed by atoms with E-state index in [1.807, 2.05) is 0 Å². The molecule has 0 saturated carbocycles. The number of halogens is 2. The molecular weight excluding hydrogens is 371 g/mol. The van der Waals surface area contributed by atoms with Gasteiger partial charge in [0.25, 0.3) is 5.91 Å². The van der Waals surface area contributed by atoms with Crippen LogP contribution >= 0.6 is 11.6 Å². The predicted molar refractivity (Wildman–Crippen MR) is 102 cm³/mol. The number of anilines is 3. The summed E-state index contributed by atoms with van der Waals surface area (Å²) in [6.45, 7) is 1.74. The summed E-state index contributed by atoms with van der Waals surface area (Å²) in [6.07, 6.45) is 0. The lowest BCUT2D eigenvalue weighted by Gasteiger charge is -2.12. The largest absolute Gasteiger partial charge is 0.495 e. The fourth-order valence-corrected chi connectivity index (χ4v) is 2.57. The van der Waals surface area contributed by atoms with Crippen molar-refractivity contribution in [2.45, 2.75) is 6.92 Å². The van der Waals surface area contributed by atoms with Gasteiger partial charge < -0.3 is 15.4 Å². The Morgan fingerprint density at radius 3 is 2.70 bits per heavy atom. The number of ether oxygens (including phenoxy) is 1. The number of carbonyl (C=O) groups is 1. The smallest absolute Gasteiger partial charge is 0.274 e. The van der Waals surface area contributed by atoms with Crippen LogP contribution in [0.2, 0.25) is 5.02 Å². The summed E-state index contributed by atoms with van der Waals surface area (Å²) >= 11 is 6.02. The van der Waals surface area contributed by atoms with Crippen molar-refractivity contribution in [3.8, 4) is 5.75 Å². The van der Waals surface area contributed by atoms with Gasteiger partial charge in [-0.15, -0.1) is 0 Å². The first-order valence-corrected chi connectivity index (χ1v) is 8.35. The van der Waals surface area contributed by atoms with Gasteiger partial charge in [0.05, 0.1) is 12.8 Å². The van der Waals surface area contributed by atoms with Crippen LogP contribution in [0.1, 0.15) is 16.2 Å². The van der Waals surface area contributed by atoms with Crippen LogP contribution in [-0.2, 0) is 0 Å². The Balaban J connectivity index is 1.86. The van der Waals surface area contributed by atoms with Gasteiger partial charge in [-0.05, 0) is 49.4 Å². The second kappa shape index (κ2) is 8.01. The van der Waals surface area contributed by atoms with Gasteiger partial charge in [-0.25, -0.2) is 14.4 Å². The molecule has 0 radical (unpaired) electrons. The van der Waals surface area contributed by atoms with Crippen molar-refractivity contribution < 1.29 is 13.9 Å². The van der Waals surface area contributed by atoms with Gasteiger partial charge in [-0.3, -0.25) is 4.79 Å². The molecule has 0 atom stereocenters. The number of nitrogens with zero attached hydrogens (tertiary/aromatic N) is 2. The zero-order valence-electron chi connectivity index (χ0n) is 14.6. The summed E-state index contributed by atoms with van der Waals surface area (Å²) in [5.74, 6) is -0.162. The van der Waals surface area contributed by atoms with Crippen molar-refractivity contribution in [3.05, 3.63) is 70.8 Å². The summed E-state index contributed by atoms with van der Waals surface area (Å²) in [5.41, 5.74) is 1.61. The number of hydrogen-bond donors (Lipinski definition) is 2. The van der Waals surface area contributed by atoms with Crippen LogP contribution in [-0.4, -0.2) is 23.0 Å². The minimum atomic E-state index is -0.479. The van der Waals surface area contributed by atoms with Crippen LogP contribution in [0.25, 0.3) is 0 Å². The molecule has 8 heteroatoms. The Hall–Kier alpha value is -3.19. The highest BCUT2D eigenvalue weighted by Crippen LogP contribution is 2.29. The monoisotopic (exact) mass is 386 g/mol. The summed E-state index contributed by atoms with van der Waals surface area (Å²) in [7, 11) is 1.53. The molecule has 27 heavy (non-hydrogen) atoms. The number of carbonyl (C=O) groups excluding carboxylic acids is 1. The van der Waals surface area contributed by atoms with Crippen molar-refractivity contribution in [1.29, 1.82) is 0 Å². The maximum atomic E-state index is 13.3. The van der Waals surface area contributed by atoms with E-state index < -0.39 is 11.7 Å². The van der Waals surface area contributed by atoms with Gasteiger partial charge >= 0.3 is 0 Å². The number of rotatable bonds is 5. The highest BCUT2D eigenvalue weighted by atomic mass is 35.5. The van der Waals surface area contributed by atoms with Gasteiger partial charge in [0.2, 0.25) is 5.95 Å². The van der Waals surface area contributed by atoms with Gasteiger partial charge in [0.1, 0.15) is 17.3 Å². The number of nitrogens with one attached hydrogen (secondary N) is 2. The predicted octanol–water partition coefficient (Wildman–Crippen LogP) is 4.58. The molecule has 1 aromatic heterocycles. The summed E-state index contributed by atoms with van der Waals surface area (Å²) in [5, 5.41) is 6.12. The number of amides is 1. The van der Waals surface area contributed by atoms with Crippen molar-refractivity contribution in [2.75, 3.05) is 17.7 Å². The minimum absolute atomic E-state index is 0.134. The van der Waals surface area contributed by atoms with Crippen LogP contribution in [0.5, 0.6) is 5.75 Å². The average molecular weight is 387 g/mol. The van der Waals surface area contributed by atoms with Gasteiger partial charge in [-0.1, -0.05) is 17.7 Å². The van der Waals surface area contributed by atoms with Crippen LogP contribution in [0.4, 0.5) is 21.7 Å². The molecule has 1 amide bonds. The second-order valence-electron chi connectivity index (χ2n) is 5.65. The van der Waals surface area contributed by atoms with E-state index in [-0.39, 0.29) is 11.6 Å². The van der Waals surface area contributed by atoms with Crippen molar-refractivity contribution in [2.24, 2.45) is 0 Å². The minimum Gasteiger partial charge on any atom is -0.495 e. The molecule has 3 rings (SSSR count). The number of aromatic nitrogens is 2. The van der Waals surface area contributed by atoms with E-state index in [2.05, 4.69) is 20.6 Å². The molecule has 0 aliphatic rings. The van der Waals surface area contributed by atoms with Crippen LogP contribution in [0, 0.1) is 12.7 Å². The third-order valence-electron chi connectivity index (χ3n) is 3.58. The maximum Gasteiger partial charge on any atom is 0.274 e. The Morgan fingerprint density at radius 1 is 1.15 bits per heavy atom. The van der Waals surface area contributed by atoms with Gasteiger partial charge in [-0.2, -0.15) is 0 Å². The average Bonchev–Trinajstić information content (AvgIpc) is 2.61. The standard InChI is InChI=1S/C19H16ClFN4O2/c1-11-8-16(18(26)23-14-5-3-4-13(21)10-14)25-19(22-11)24-15-9-12(20)6-7-17(15)27-2/h3-10H,1-2H3,(H,23,26)(H,22,24,25). The zero-order chi connectivity index (χ0) is 19.4. The van der Waals surface area contributed by atoms with Gasteiger partial charge in [0.15, 0.2) is 0 Å². The first-order chi connectivity index (χ1) is 12.9. The molecule has 3 aromatic rings. The lowest BCUT2D eigenvalue weighted by atomic mass is 10.2. The zero-order valence-corrected chi connectivity index (χ0v) is 15.3. The van der Waals surface area contributed by atoms with Crippen molar-refractivity contribution in [1.82, 2.24) is 9.97 Å². The number of hydrogen-bond acceptors (Lipinski definition) is 5. The molecule has 0 aliphatic carbocycles. The van der Waals surface area contributed by atoms with E-state index in [4.69, 9.17) is 16.3 Å². The van der Waals surface area contributed by atoms with E-state index in [9.17, 15) is 9.18 Å². The Bertz CT molecular complexity index is 997. The molecule has 2 aromatic carbocycles. The van der Waals surface area contributed by atoms with E-state index in [1.54, 1.807) is 31.2 Å². The summed E-state index contributed by atoms with van der Waals surface area (Å²) in [4.78, 5) is 21.0. The second-order valence-corrected chi connectivity index (χ2v) is 6.09. The van der Waals surface area contributed by atoms with Gasteiger partial charge in [0, 0.05) is 16.4 Å². The lowest BCUT2D eigenvalue weighted by Crippen LogP contribution is -2.15. The Kier molecular flexibility index (Phi) is 5.52. The molecule has 6 nitrogen and oxygen atoms in total. The molecule has 0 aliphatic heterocycles. The maximum absolute atomic E-state index is 13.3. The highest BCUT2D eigenvalue weighted by Gasteiger charge is 2.13.